The summed E-state index contributed by atoms with van der Waals surface area (Å²) in [6, 6.07) is 4.31. The van der Waals surface area contributed by atoms with Crippen LogP contribution in [0.25, 0.3) is 11.0 Å². The van der Waals surface area contributed by atoms with Crippen LogP contribution >= 0.6 is 11.8 Å². The maximum Gasteiger partial charge on any atom is 0.335 e. The molecule has 2 heterocycles. The van der Waals surface area contributed by atoms with E-state index >= 15 is 0 Å². The van der Waals surface area contributed by atoms with Crippen LogP contribution in [0.1, 0.15) is 16.6 Å². The van der Waals surface area contributed by atoms with Crippen LogP contribution in [0.4, 0.5) is 0 Å². The summed E-state index contributed by atoms with van der Waals surface area (Å²) in [5.41, 5.74) is 1.03. The van der Waals surface area contributed by atoms with Crippen molar-refractivity contribution in [2.24, 2.45) is 0 Å². The number of carbonyl (C=O) groups is 2. The third-order valence-corrected chi connectivity index (χ3v) is 4.11. The Hall–Kier alpha value is -2.06. The van der Waals surface area contributed by atoms with Crippen LogP contribution in [0, 0.1) is 0 Å². The van der Waals surface area contributed by atoms with Gasteiger partial charge in [0.25, 0.3) is 0 Å². The molecule has 1 aromatic carbocycles. The summed E-state index contributed by atoms with van der Waals surface area (Å²) in [5.74, 6) is -2.18. The maximum atomic E-state index is 11.0. The Bertz CT molecular complexity index is 710. The summed E-state index contributed by atoms with van der Waals surface area (Å²) in [6.45, 7) is 0. The van der Waals surface area contributed by atoms with Gasteiger partial charge in [-0.2, -0.15) is 0 Å². The summed E-state index contributed by atoms with van der Waals surface area (Å²) < 4.78 is 1.41. The lowest BCUT2D eigenvalue weighted by Crippen LogP contribution is -2.23. The van der Waals surface area contributed by atoms with Gasteiger partial charge in [-0.05, 0) is 18.2 Å². The van der Waals surface area contributed by atoms with Gasteiger partial charge in [-0.25, -0.2) is 9.78 Å². The lowest BCUT2D eigenvalue weighted by atomic mass is 10.2. The average molecular weight is 280 g/mol. The summed E-state index contributed by atoms with van der Waals surface area (Å²) in [7, 11) is 0. The molecule has 0 saturated carbocycles. The summed E-state index contributed by atoms with van der Waals surface area (Å²) in [4.78, 5) is 26.0. The van der Waals surface area contributed by atoms with Crippen molar-refractivity contribution in [3.8, 4) is 0 Å². The second kappa shape index (κ2) is 3.97. The molecule has 3 N–H and O–H groups in total. The molecule has 0 fully saturated rings. The predicted octanol–water partition coefficient (Wildman–Crippen LogP) is 0.784. The van der Waals surface area contributed by atoms with Gasteiger partial charge < -0.3 is 15.3 Å². The van der Waals surface area contributed by atoms with E-state index in [0.29, 0.717) is 16.2 Å². The van der Waals surface area contributed by atoms with E-state index in [-0.39, 0.29) is 5.56 Å². The van der Waals surface area contributed by atoms with Crippen molar-refractivity contribution in [3.63, 3.8) is 0 Å². The molecular formula is C11H8N2O5S. The number of aromatic carboxylic acids is 1. The number of hydrogen-bond acceptors (Lipinski definition) is 5. The molecule has 19 heavy (non-hydrogen) atoms. The zero-order valence-corrected chi connectivity index (χ0v) is 10.2. The van der Waals surface area contributed by atoms with Gasteiger partial charge in [0.2, 0.25) is 0 Å². The second-order valence-electron chi connectivity index (χ2n) is 4.06. The maximum absolute atomic E-state index is 11.0. The van der Waals surface area contributed by atoms with E-state index in [2.05, 4.69) is 4.98 Å². The van der Waals surface area contributed by atoms with Gasteiger partial charge in [-0.3, -0.25) is 9.36 Å². The minimum atomic E-state index is -1.21. The standard InChI is InChI=1S/C11H8N2O5S/c14-8-7(10(17)18)19-11-12-5-3-4(9(15)16)1-2-6(5)13(8)11/h1-3,7-8,14H,(H,15,16)(H,17,18). The van der Waals surface area contributed by atoms with Crippen LogP contribution < -0.4 is 0 Å². The number of nitrogens with zero attached hydrogens (tertiary/aromatic N) is 2. The van der Waals surface area contributed by atoms with E-state index in [1.807, 2.05) is 0 Å². The van der Waals surface area contributed by atoms with E-state index in [1.54, 1.807) is 0 Å². The van der Waals surface area contributed by atoms with Crippen molar-refractivity contribution < 1.29 is 24.9 Å². The number of carboxylic acid groups (broad SMARTS) is 2. The van der Waals surface area contributed by atoms with Crippen LogP contribution in [-0.4, -0.2) is 42.1 Å². The Balaban J connectivity index is 2.14. The van der Waals surface area contributed by atoms with Crippen molar-refractivity contribution >= 4 is 34.7 Å². The Morgan fingerprint density at radius 3 is 2.68 bits per heavy atom. The second-order valence-corrected chi connectivity index (χ2v) is 5.17. The minimum absolute atomic E-state index is 0.0959. The monoisotopic (exact) mass is 280 g/mol. The molecule has 0 radical (unpaired) electrons. The molecule has 2 aromatic rings. The third-order valence-electron chi connectivity index (χ3n) is 2.92. The normalized spacial score (nSPS) is 21.5. The Labute approximate surface area is 110 Å². The molecule has 1 aliphatic heterocycles. The highest BCUT2D eigenvalue weighted by atomic mass is 32.2. The van der Waals surface area contributed by atoms with Crippen molar-refractivity contribution in [3.05, 3.63) is 23.8 Å². The molecule has 2 unspecified atom stereocenters. The number of imidazole rings is 1. The predicted molar refractivity (Wildman–Crippen MR) is 65.2 cm³/mol. The van der Waals surface area contributed by atoms with Gasteiger partial charge in [-0.1, -0.05) is 11.8 Å². The quantitative estimate of drug-likeness (QED) is 0.745. The number of aromatic nitrogens is 2. The molecule has 1 aliphatic rings. The highest BCUT2D eigenvalue weighted by Crippen LogP contribution is 2.41. The smallest absolute Gasteiger partial charge is 0.335 e. The first kappa shape index (κ1) is 12.0. The number of rotatable bonds is 2. The minimum Gasteiger partial charge on any atom is -0.480 e. The van der Waals surface area contributed by atoms with Gasteiger partial charge in [0, 0.05) is 0 Å². The molecule has 8 heteroatoms. The number of benzene rings is 1. The van der Waals surface area contributed by atoms with E-state index in [9.17, 15) is 14.7 Å². The van der Waals surface area contributed by atoms with Crippen LogP contribution in [0.3, 0.4) is 0 Å². The Kier molecular flexibility index (Phi) is 2.51. The topological polar surface area (TPSA) is 113 Å². The number of aliphatic hydroxyl groups excluding tert-OH is 1. The Morgan fingerprint density at radius 1 is 1.32 bits per heavy atom. The molecule has 98 valence electrons. The fourth-order valence-electron chi connectivity index (χ4n) is 2.04. The molecule has 1 aromatic heterocycles. The average Bonchev–Trinajstić information content (AvgIpc) is 2.85. The molecular weight excluding hydrogens is 272 g/mol. The van der Waals surface area contributed by atoms with Gasteiger partial charge in [-0.15, -0.1) is 0 Å². The first-order valence-corrected chi connectivity index (χ1v) is 6.20. The van der Waals surface area contributed by atoms with Crippen LogP contribution in [0.5, 0.6) is 0 Å². The lowest BCUT2D eigenvalue weighted by Gasteiger charge is -2.11. The number of aliphatic hydroxyl groups is 1. The number of fused-ring (bicyclic) bond motifs is 3. The lowest BCUT2D eigenvalue weighted by molar-refractivity contribution is -0.139. The van der Waals surface area contributed by atoms with Crippen molar-refractivity contribution in [1.82, 2.24) is 9.55 Å². The van der Waals surface area contributed by atoms with Gasteiger partial charge in [0.05, 0.1) is 16.6 Å². The summed E-state index contributed by atoms with van der Waals surface area (Å²) in [6.07, 6.45) is -1.21. The van der Waals surface area contributed by atoms with Gasteiger partial charge >= 0.3 is 11.9 Å². The first-order chi connectivity index (χ1) is 8.99. The SMILES string of the molecule is O=C(O)c1ccc2c(c1)nc1n2C(O)C(C(=O)O)S1. The first-order valence-electron chi connectivity index (χ1n) is 5.32. The van der Waals surface area contributed by atoms with Crippen molar-refractivity contribution in [2.75, 3.05) is 0 Å². The zero-order chi connectivity index (χ0) is 13.7. The molecule has 0 amide bonds. The molecule has 2 atom stereocenters. The number of thioether (sulfide) groups is 1. The van der Waals surface area contributed by atoms with Crippen LogP contribution in [-0.2, 0) is 4.79 Å². The molecule has 3 rings (SSSR count). The summed E-state index contributed by atoms with van der Waals surface area (Å²) in [5, 5.41) is 27.2. The van der Waals surface area contributed by atoms with Crippen molar-refractivity contribution in [2.45, 2.75) is 16.6 Å². The molecule has 0 aliphatic carbocycles. The van der Waals surface area contributed by atoms with E-state index in [0.717, 1.165) is 11.8 Å². The summed E-state index contributed by atoms with van der Waals surface area (Å²) >= 11 is 0.947. The molecule has 0 saturated heterocycles. The van der Waals surface area contributed by atoms with Crippen LogP contribution in [0.2, 0.25) is 0 Å². The fourth-order valence-corrected chi connectivity index (χ4v) is 3.08. The molecule has 0 spiro atoms. The molecule has 7 nitrogen and oxygen atoms in total. The fraction of sp³-hybridized carbons (Fsp3) is 0.182. The van der Waals surface area contributed by atoms with Crippen molar-refractivity contribution in [1.29, 1.82) is 0 Å². The van der Waals surface area contributed by atoms with E-state index in [4.69, 9.17) is 10.2 Å². The highest BCUT2D eigenvalue weighted by molar-refractivity contribution is 8.00. The third kappa shape index (κ3) is 1.68. The number of aliphatic carboxylic acids is 1. The van der Waals surface area contributed by atoms with E-state index < -0.39 is 23.4 Å². The Morgan fingerprint density at radius 2 is 2.05 bits per heavy atom. The largest absolute Gasteiger partial charge is 0.480 e. The molecule has 0 bridgehead atoms. The highest BCUT2D eigenvalue weighted by Gasteiger charge is 2.39. The van der Waals surface area contributed by atoms with Gasteiger partial charge in [0.15, 0.2) is 16.6 Å². The zero-order valence-electron chi connectivity index (χ0n) is 9.35. The van der Waals surface area contributed by atoms with Crippen LogP contribution in [0.15, 0.2) is 23.4 Å². The van der Waals surface area contributed by atoms with E-state index in [1.165, 1.54) is 22.8 Å². The van der Waals surface area contributed by atoms with Gasteiger partial charge in [0.1, 0.15) is 0 Å². The number of hydrogen-bond donors (Lipinski definition) is 3. The number of carboxylic acids is 2.